The lowest BCUT2D eigenvalue weighted by Crippen LogP contribution is -1.96. The Morgan fingerprint density at radius 3 is 2.38 bits per heavy atom. The van der Waals surface area contributed by atoms with Crippen LogP contribution in [0.4, 0.5) is 8.28 Å². The summed E-state index contributed by atoms with van der Waals surface area (Å²) in [6, 6.07) is 1.86. The largest absolute Gasteiger partial charge is 0.332 e. The fourth-order valence-electron chi connectivity index (χ4n) is 0.891. The number of aryl methyl sites for hydroxylation is 1. The van der Waals surface area contributed by atoms with Gasteiger partial charge in [0.1, 0.15) is 10.7 Å². The lowest BCUT2D eigenvalue weighted by atomic mass is 10.2. The van der Waals surface area contributed by atoms with Crippen LogP contribution in [0.15, 0.2) is 21.5 Å². The Morgan fingerprint density at radius 1 is 1.38 bits per heavy atom. The van der Waals surface area contributed by atoms with E-state index in [1.807, 2.05) is 0 Å². The summed E-state index contributed by atoms with van der Waals surface area (Å²) in [7, 11) is -4.77. The van der Waals surface area contributed by atoms with Gasteiger partial charge in [-0.3, -0.25) is 0 Å². The van der Waals surface area contributed by atoms with Gasteiger partial charge >= 0.3 is 10.2 Å². The Kier molecular flexibility index (Phi) is 2.72. The Bertz CT molecular complexity index is 442. The van der Waals surface area contributed by atoms with E-state index in [2.05, 4.69) is 15.9 Å². The molecule has 1 aromatic carbocycles. The van der Waals surface area contributed by atoms with Crippen LogP contribution < -0.4 is 0 Å². The van der Waals surface area contributed by atoms with E-state index in [1.165, 1.54) is 6.92 Å². The van der Waals surface area contributed by atoms with Crippen molar-refractivity contribution in [1.29, 1.82) is 0 Å². The molecular formula is C7H5BrF2O2S. The van der Waals surface area contributed by atoms with Crippen LogP contribution in [-0.2, 0) is 10.2 Å². The van der Waals surface area contributed by atoms with Crippen LogP contribution >= 0.6 is 15.9 Å². The summed E-state index contributed by atoms with van der Waals surface area (Å²) in [5, 5.41) is 0. The van der Waals surface area contributed by atoms with Crippen molar-refractivity contribution in [2.24, 2.45) is 0 Å². The fraction of sp³-hybridized carbons (Fsp3) is 0.143. The van der Waals surface area contributed by atoms with Crippen LogP contribution in [0.2, 0.25) is 0 Å². The summed E-state index contributed by atoms with van der Waals surface area (Å²) in [6.45, 7) is 1.32. The molecule has 0 aliphatic rings. The molecule has 13 heavy (non-hydrogen) atoms. The van der Waals surface area contributed by atoms with Crippen molar-refractivity contribution in [3.8, 4) is 0 Å². The second-order valence-corrected chi connectivity index (χ2v) is 4.64. The first kappa shape index (κ1) is 10.6. The van der Waals surface area contributed by atoms with Crippen molar-refractivity contribution >= 4 is 26.2 Å². The quantitative estimate of drug-likeness (QED) is 0.735. The van der Waals surface area contributed by atoms with Gasteiger partial charge in [-0.15, -0.1) is 3.89 Å². The van der Waals surface area contributed by atoms with Crippen molar-refractivity contribution < 1.29 is 16.7 Å². The highest BCUT2D eigenvalue weighted by Crippen LogP contribution is 2.24. The second-order valence-electron chi connectivity index (χ2n) is 2.47. The third-order valence-electron chi connectivity index (χ3n) is 1.48. The Balaban J connectivity index is 3.50. The predicted molar refractivity (Wildman–Crippen MR) is 47.1 cm³/mol. The van der Waals surface area contributed by atoms with Crippen molar-refractivity contribution in [2.75, 3.05) is 0 Å². The number of benzene rings is 1. The highest BCUT2D eigenvalue weighted by Gasteiger charge is 2.17. The average molecular weight is 271 g/mol. The van der Waals surface area contributed by atoms with Gasteiger partial charge in [0.05, 0.1) is 4.47 Å². The van der Waals surface area contributed by atoms with Crippen LogP contribution in [0.3, 0.4) is 0 Å². The fourth-order valence-corrected chi connectivity index (χ4v) is 2.09. The summed E-state index contributed by atoms with van der Waals surface area (Å²) < 4.78 is 46.2. The first-order valence-corrected chi connectivity index (χ1v) is 5.40. The van der Waals surface area contributed by atoms with E-state index < -0.39 is 20.9 Å². The van der Waals surface area contributed by atoms with Gasteiger partial charge in [-0.05, 0) is 40.5 Å². The summed E-state index contributed by atoms with van der Waals surface area (Å²) >= 11 is 2.77. The number of rotatable bonds is 1. The molecule has 0 radical (unpaired) electrons. The number of hydrogen-bond acceptors (Lipinski definition) is 2. The van der Waals surface area contributed by atoms with E-state index in [9.17, 15) is 16.7 Å². The highest BCUT2D eigenvalue weighted by molar-refractivity contribution is 9.10. The molecule has 6 heteroatoms. The molecule has 0 saturated carbocycles. The van der Waals surface area contributed by atoms with E-state index in [1.54, 1.807) is 0 Å². The van der Waals surface area contributed by atoms with Crippen LogP contribution in [0.1, 0.15) is 5.56 Å². The molecule has 72 valence electrons. The molecule has 0 aliphatic heterocycles. The van der Waals surface area contributed by atoms with Gasteiger partial charge in [0.2, 0.25) is 0 Å². The molecule has 0 heterocycles. The molecule has 0 N–H and O–H groups in total. The highest BCUT2D eigenvalue weighted by atomic mass is 79.9. The molecule has 0 spiro atoms. The molecule has 2 nitrogen and oxygen atoms in total. The summed E-state index contributed by atoms with van der Waals surface area (Å²) in [6.07, 6.45) is 0. The van der Waals surface area contributed by atoms with Gasteiger partial charge in [-0.25, -0.2) is 4.39 Å². The molecule has 0 aromatic heterocycles. The molecule has 0 unspecified atom stereocenters. The molecular weight excluding hydrogens is 266 g/mol. The van der Waals surface area contributed by atoms with Gasteiger partial charge in [0, 0.05) is 0 Å². The van der Waals surface area contributed by atoms with Gasteiger partial charge in [0.25, 0.3) is 0 Å². The lowest BCUT2D eigenvalue weighted by Gasteiger charge is -2.02. The SMILES string of the molecule is Cc1cc(F)c(Br)cc1S(=O)(=O)F. The van der Waals surface area contributed by atoms with E-state index in [4.69, 9.17) is 0 Å². The Morgan fingerprint density at radius 2 is 1.92 bits per heavy atom. The first-order valence-electron chi connectivity index (χ1n) is 3.22. The van der Waals surface area contributed by atoms with Crippen LogP contribution in [-0.4, -0.2) is 8.42 Å². The first-order chi connectivity index (χ1) is 5.82. The van der Waals surface area contributed by atoms with Crippen LogP contribution in [0.25, 0.3) is 0 Å². The molecule has 1 aromatic rings. The zero-order chi connectivity index (χ0) is 10.2. The van der Waals surface area contributed by atoms with E-state index in [-0.39, 0.29) is 10.0 Å². The topological polar surface area (TPSA) is 34.1 Å². The Labute approximate surface area is 82.9 Å². The van der Waals surface area contributed by atoms with E-state index in [0.717, 1.165) is 12.1 Å². The van der Waals surface area contributed by atoms with Crippen LogP contribution in [0, 0.1) is 12.7 Å². The maximum Gasteiger partial charge on any atom is 0.332 e. The van der Waals surface area contributed by atoms with Crippen molar-refractivity contribution in [3.63, 3.8) is 0 Å². The van der Waals surface area contributed by atoms with Crippen LogP contribution in [0.5, 0.6) is 0 Å². The maximum atomic E-state index is 12.8. The van der Waals surface area contributed by atoms with E-state index in [0.29, 0.717) is 0 Å². The third-order valence-corrected chi connectivity index (χ3v) is 3.05. The number of halogens is 3. The molecule has 0 amide bonds. The Hall–Kier alpha value is -0.490. The molecule has 1 rings (SSSR count). The third kappa shape index (κ3) is 2.25. The lowest BCUT2D eigenvalue weighted by molar-refractivity contribution is 0.550. The van der Waals surface area contributed by atoms with Crippen molar-refractivity contribution in [2.45, 2.75) is 11.8 Å². The zero-order valence-electron chi connectivity index (χ0n) is 6.51. The molecule has 0 aliphatic carbocycles. The average Bonchev–Trinajstić information content (AvgIpc) is 1.94. The van der Waals surface area contributed by atoms with Gasteiger partial charge < -0.3 is 0 Å². The van der Waals surface area contributed by atoms with Gasteiger partial charge in [-0.2, -0.15) is 8.42 Å². The molecule has 0 atom stereocenters. The second kappa shape index (κ2) is 3.34. The molecule has 0 bridgehead atoms. The number of hydrogen-bond donors (Lipinski definition) is 0. The minimum absolute atomic E-state index is 0.0446. The molecule has 0 fully saturated rings. The summed E-state index contributed by atoms with van der Waals surface area (Å²) in [5.74, 6) is -0.620. The monoisotopic (exact) mass is 270 g/mol. The summed E-state index contributed by atoms with van der Waals surface area (Å²) in [5.41, 5.74) is 0.0446. The predicted octanol–water partition coefficient (Wildman–Crippen LogP) is 2.55. The summed E-state index contributed by atoms with van der Waals surface area (Å²) in [4.78, 5) is -0.513. The molecule has 0 saturated heterocycles. The normalized spacial score (nSPS) is 11.7. The van der Waals surface area contributed by atoms with Gasteiger partial charge in [-0.1, -0.05) is 0 Å². The van der Waals surface area contributed by atoms with Crippen molar-refractivity contribution in [1.82, 2.24) is 0 Å². The van der Waals surface area contributed by atoms with Crippen molar-refractivity contribution in [3.05, 3.63) is 28.0 Å². The smallest absolute Gasteiger partial charge is 0.206 e. The minimum Gasteiger partial charge on any atom is -0.206 e. The maximum absolute atomic E-state index is 12.8. The van der Waals surface area contributed by atoms with Gasteiger partial charge in [0.15, 0.2) is 0 Å². The zero-order valence-corrected chi connectivity index (χ0v) is 8.92. The minimum atomic E-state index is -4.77. The van der Waals surface area contributed by atoms with E-state index >= 15 is 0 Å². The standard InChI is InChI=1S/C7H5BrF2O2S/c1-4-2-6(9)5(8)3-7(4)13(10,11)12/h2-3H,1H3.